The van der Waals surface area contributed by atoms with Crippen LogP contribution in [0.5, 0.6) is 0 Å². The third kappa shape index (κ3) is 2.07. The number of aliphatic hydroxyl groups excluding tert-OH is 1. The number of carboxylic acid groups (broad SMARTS) is 1. The first-order chi connectivity index (χ1) is 11.4. The molecule has 4 heterocycles. The molecule has 9 heteroatoms. The number of aliphatic hydroxyl groups is 1. The van der Waals surface area contributed by atoms with E-state index in [2.05, 4.69) is 15.0 Å². The summed E-state index contributed by atoms with van der Waals surface area (Å²) in [6.45, 7) is 5.99. The lowest BCUT2D eigenvalue weighted by atomic mass is 9.79. The smallest absolute Gasteiger partial charge is 0.353 e. The number of nitrogens with one attached hydrogen (secondary N) is 1. The van der Waals surface area contributed by atoms with Crippen molar-refractivity contribution in [3.05, 3.63) is 10.6 Å². The van der Waals surface area contributed by atoms with Crippen LogP contribution in [0.2, 0.25) is 0 Å². The normalized spacial score (nSPS) is 35.5. The first-order valence-electron chi connectivity index (χ1n) is 8.13. The molecule has 5 atom stereocenters. The van der Waals surface area contributed by atoms with Crippen molar-refractivity contribution in [2.24, 2.45) is 11.8 Å². The molecule has 1 amide bonds. The van der Waals surface area contributed by atoms with Gasteiger partial charge in [0, 0.05) is 10.8 Å². The minimum atomic E-state index is -1.06. The number of carbonyl (C=O) groups is 2. The van der Waals surface area contributed by atoms with E-state index in [4.69, 9.17) is 0 Å². The fourth-order valence-electron chi connectivity index (χ4n) is 4.20. The van der Waals surface area contributed by atoms with Gasteiger partial charge in [0.15, 0.2) is 6.67 Å². The van der Waals surface area contributed by atoms with E-state index in [1.165, 1.54) is 4.90 Å². The lowest BCUT2D eigenvalue weighted by Crippen LogP contribution is -2.63. The molecule has 1 unspecified atom stereocenters. The molecule has 2 fully saturated rings. The molecule has 3 N–H and O–H groups in total. The number of hydrogen-bond donors (Lipinski definition) is 3. The van der Waals surface area contributed by atoms with E-state index in [0.717, 1.165) is 24.7 Å². The minimum Gasteiger partial charge on any atom is -0.477 e. The zero-order valence-corrected chi connectivity index (χ0v) is 14.4. The number of β-lactam (4-membered cyclic amide) rings is 1. The standard InChI is InChI=1S/C15H20N4O4S/c1-7-11-10(8(2)20)14(21)19(11)12(15(22)23)13(7)24-9-3-17-5-16-6-18(17)4-9/h5,7-11,20H,3-4,6H2,1-2H3,(H,22,23)/p+1/t7-,8-,9?,10-,11-/m1/s1. The Morgan fingerprint density at radius 3 is 2.92 bits per heavy atom. The molecule has 2 saturated heterocycles. The molecule has 4 rings (SSSR count). The summed E-state index contributed by atoms with van der Waals surface area (Å²) in [5, 5.41) is 25.1. The van der Waals surface area contributed by atoms with Gasteiger partial charge in [-0.25, -0.2) is 9.80 Å². The molecule has 0 spiro atoms. The highest BCUT2D eigenvalue weighted by Crippen LogP contribution is 2.51. The summed E-state index contributed by atoms with van der Waals surface area (Å²) in [7, 11) is 0. The van der Waals surface area contributed by atoms with Crippen LogP contribution in [0.1, 0.15) is 13.8 Å². The van der Waals surface area contributed by atoms with Crippen molar-refractivity contribution in [2.75, 3.05) is 19.8 Å². The van der Waals surface area contributed by atoms with Crippen LogP contribution in [0.25, 0.3) is 0 Å². The molecule has 0 saturated carbocycles. The number of hydrazone groups is 1. The molecule has 0 aromatic rings. The molecular weight excluding hydrogens is 332 g/mol. The highest BCUT2D eigenvalue weighted by molar-refractivity contribution is 8.03. The van der Waals surface area contributed by atoms with Gasteiger partial charge in [-0.2, -0.15) is 4.68 Å². The first-order valence-corrected chi connectivity index (χ1v) is 9.01. The lowest BCUT2D eigenvalue weighted by molar-refractivity contribution is -0.653. The highest BCUT2D eigenvalue weighted by atomic mass is 32.2. The number of amides is 1. The topological polar surface area (TPSA) is 96.1 Å². The lowest BCUT2D eigenvalue weighted by Gasteiger charge is -2.46. The Labute approximate surface area is 143 Å². The predicted molar refractivity (Wildman–Crippen MR) is 86.9 cm³/mol. The molecule has 0 aliphatic carbocycles. The fourth-order valence-corrected chi connectivity index (χ4v) is 5.68. The number of nitrogens with zero attached hydrogens (tertiary/aromatic N) is 3. The van der Waals surface area contributed by atoms with Crippen molar-refractivity contribution in [1.29, 1.82) is 0 Å². The van der Waals surface area contributed by atoms with Crippen LogP contribution < -0.4 is 5.32 Å². The summed E-state index contributed by atoms with van der Waals surface area (Å²) in [6, 6.07) is -0.235. The van der Waals surface area contributed by atoms with Crippen molar-refractivity contribution in [1.82, 2.24) is 15.2 Å². The second-order valence-corrected chi connectivity index (χ2v) is 8.16. The van der Waals surface area contributed by atoms with Crippen LogP contribution in [0.3, 0.4) is 0 Å². The summed E-state index contributed by atoms with van der Waals surface area (Å²) in [6.07, 6.45) is 1.18. The second-order valence-electron chi connectivity index (χ2n) is 6.81. The zero-order valence-electron chi connectivity index (χ0n) is 13.5. The maximum Gasteiger partial charge on any atom is 0.353 e. The SMILES string of the molecule is C[C@@H](O)[C@H]1C(=O)N2C(C(=O)O)=C(SC3CN4CNC=[N+]4C3)[C@H](C)[C@H]12. The van der Waals surface area contributed by atoms with E-state index in [0.29, 0.717) is 0 Å². The number of rotatable bonds is 4. The van der Waals surface area contributed by atoms with Crippen LogP contribution in [-0.4, -0.2) is 80.2 Å². The van der Waals surface area contributed by atoms with Gasteiger partial charge < -0.3 is 15.1 Å². The molecular formula is C15H21N4O4S+. The second kappa shape index (κ2) is 5.38. The van der Waals surface area contributed by atoms with E-state index >= 15 is 0 Å². The van der Waals surface area contributed by atoms with Gasteiger partial charge in [-0.15, -0.1) is 11.8 Å². The molecule has 8 nitrogen and oxygen atoms in total. The summed E-state index contributed by atoms with van der Waals surface area (Å²) in [5.41, 5.74) is 0.114. The van der Waals surface area contributed by atoms with Gasteiger partial charge in [-0.1, -0.05) is 6.92 Å². The van der Waals surface area contributed by atoms with Crippen LogP contribution in [0.4, 0.5) is 0 Å². The maximum absolute atomic E-state index is 12.3. The van der Waals surface area contributed by atoms with Crippen molar-refractivity contribution < 1.29 is 24.5 Å². The van der Waals surface area contributed by atoms with Gasteiger partial charge in [-0.05, 0) is 6.92 Å². The molecule has 0 radical (unpaired) electrons. The van der Waals surface area contributed by atoms with Gasteiger partial charge in [-0.3, -0.25) is 10.1 Å². The van der Waals surface area contributed by atoms with Crippen molar-refractivity contribution in [3.63, 3.8) is 0 Å². The third-order valence-electron chi connectivity index (χ3n) is 5.29. The number of thioether (sulfide) groups is 1. The number of hydrazine groups is 1. The highest BCUT2D eigenvalue weighted by Gasteiger charge is 2.60. The largest absolute Gasteiger partial charge is 0.477 e. The van der Waals surface area contributed by atoms with E-state index in [-0.39, 0.29) is 28.8 Å². The van der Waals surface area contributed by atoms with Crippen molar-refractivity contribution in [3.8, 4) is 0 Å². The van der Waals surface area contributed by atoms with Crippen LogP contribution in [0, 0.1) is 11.8 Å². The molecule has 0 aromatic carbocycles. The summed E-state index contributed by atoms with van der Waals surface area (Å²) in [5.74, 6) is -1.90. The van der Waals surface area contributed by atoms with Crippen LogP contribution >= 0.6 is 11.8 Å². The van der Waals surface area contributed by atoms with Crippen molar-refractivity contribution in [2.45, 2.75) is 31.2 Å². The predicted octanol–water partition coefficient (Wildman–Crippen LogP) is -0.926. The Morgan fingerprint density at radius 1 is 1.54 bits per heavy atom. The monoisotopic (exact) mass is 353 g/mol. The summed E-state index contributed by atoms with van der Waals surface area (Å²) >= 11 is 1.57. The van der Waals surface area contributed by atoms with E-state index in [1.54, 1.807) is 18.7 Å². The Hall–Kier alpha value is -1.74. The molecule has 24 heavy (non-hydrogen) atoms. The number of carbonyl (C=O) groups excluding carboxylic acids is 1. The number of carboxylic acids is 1. The quantitative estimate of drug-likeness (QED) is 0.444. The molecule has 130 valence electrons. The third-order valence-corrected chi connectivity index (χ3v) is 6.74. The molecule has 4 aliphatic rings. The average molecular weight is 353 g/mol. The number of fused-ring (bicyclic) bond motifs is 2. The Bertz CT molecular complexity index is 676. The Morgan fingerprint density at radius 2 is 2.29 bits per heavy atom. The zero-order chi connectivity index (χ0) is 17.2. The maximum atomic E-state index is 12.3. The molecule has 0 aromatic heterocycles. The number of aliphatic carboxylic acids is 1. The van der Waals surface area contributed by atoms with E-state index in [1.807, 2.05) is 13.3 Å². The Balaban J connectivity index is 1.59. The Kier molecular flexibility index (Phi) is 3.54. The molecule has 0 bridgehead atoms. The van der Waals surface area contributed by atoms with Gasteiger partial charge in [0.1, 0.15) is 12.2 Å². The average Bonchev–Trinajstić information content (AvgIpc) is 3.12. The van der Waals surface area contributed by atoms with Gasteiger partial charge in [0.2, 0.25) is 5.91 Å². The fraction of sp³-hybridized carbons (Fsp3) is 0.667. The van der Waals surface area contributed by atoms with Crippen molar-refractivity contribution >= 4 is 30.0 Å². The van der Waals surface area contributed by atoms with Crippen LogP contribution in [0.15, 0.2) is 10.6 Å². The number of hydrogen-bond acceptors (Lipinski definition) is 6. The van der Waals surface area contributed by atoms with Gasteiger partial charge in [0.05, 0.1) is 29.9 Å². The molecule has 4 aliphatic heterocycles. The van der Waals surface area contributed by atoms with Crippen LogP contribution in [-0.2, 0) is 9.59 Å². The van der Waals surface area contributed by atoms with Gasteiger partial charge in [0.25, 0.3) is 6.34 Å². The summed E-state index contributed by atoms with van der Waals surface area (Å²) in [4.78, 5) is 26.2. The van der Waals surface area contributed by atoms with Gasteiger partial charge >= 0.3 is 5.97 Å². The first kappa shape index (κ1) is 15.8. The minimum absolute atomic E-state index is 0.0639. The van der Waals surface area contributed by atoms with E-state index in [9.17, 15) is 19.8 Å². The van der Waals surface area contributed by atoms with E-state index < -0.39 is 18.0 Å². The summed E-state index contributed by atoms with van der Waals surface area (Å²) < 4.78 is 2.11.